The van der Waals surface area contributed by atoms with Crippen LogP contribution >= 0.6 is 0 Å². The van der Waals surface area contributed by atoms with Gasteiger partial charge in [0.15, 0.2) is 12.1 Å². The molecular weight excluding hydrogens is 458 g/mol. The normalized spacial score (nSPS) is 42.1. The molecule has 10 atom stereocenters. The smallest absolute Gasteiger partial charge is 0.330 e. The number of ether oxygens (including phenoxy) is 3. The van der Waals surface area contributed by atoms with E-state index in [4.69, 9.17) is 14.2 Å². The molecule has 2 aliphatic heterocycles. The van der Waals surface area contributed by atoms with Gasteiger partial charge < -0.3 is 24.2 Å². The maximum Gasteiger partial charge on any atom is 0.330 e. The Labute approximate surface area is 217 Å². The monoisotopic (exact) mass is 505 g/mol. The third-order valence-electron chi connectivity index (χ3n) is 7.44. The van der Waals surface area contributed by atoms with Crippen molar-refractivity contribution in [1.29, 1.82) is 0 Å². The second-order valence-corrected chi connectivity index (χ2v) is 10.9. The maximum absolute atomic E-state index is 12.8. The van der Waals surface area contributed by atoms with Gasteiger partial charge in [0.05, 0.1) is 12.2 Å². The molecule has 7 nitrogen and oxygen atoms in total. The van der Waals surface area contributed by atoms with Crippen LogP contribution in [0.4, 0.5) is 0 Å². The summed E-state index contributed by atoms with van der Waals surface area (Å²) >= 11 is 0. The van der Waals surface area contributed by atoms with Gasteiger partial charge in [-0.05, 0) is 52.3 Å². The Morgan fingerprint density at radius 1 is 1.00 bits per heavy atom. The molecule has 0 aliphatic carbocycles. The highest BCUT2D eigenvalue weighted by molar-refractivity contribution is 5.91. The molecule has 0 bridgehead atoms. The number of allylic oxidation sites excluding steroid dienone is 3. The van der Waals surface area contributed by atoms with Crippen molar-refractivity contribution >= 4 is 11.8 Å². The molecule has 0 radical (unpaired) electrons. The zero-order chi connectivity index (χ0) is 27.0. The van der Waals surface area contributed by atoms with Crippen LogP contribution in [0.1, 0.15) is 60.8 Å². The zero-order valence-corrected chi connectivity index (χ0v) is 23.3. The van der Waals surface area contributed by atoms with E-state index in [0.717, 1.165) is 0 Å². The Hall–Kier alpha value is -1.80. The van der Waals surface area contributed by atoms with Crippen LogP contribution in [-0.2, 0) is 23.8 Å². The van der Waals surface area contributed by atoms with Gasteiger partial charge in [-0.15, -0.1) is 0 Å². The number of likely N-dealkylation sites (N-methyl/N-ethyl adjacent to an activating group) is 1. The lowest BCUT2D eigenvalue weighted by atomic mass is 9.84. The van der Waals surface area contributed by atoms with Gasteiger partial charge in [-0.2, -0.15) is 0 Å². The summed E-state index contributed by atoms with van der Waals surface area (Å²) < 4.78 is 18.2. The van der Waals surface area contributed by atoms with Crippen LogP contribution in [0.25, 0.3) is 0 Å². The van der Waals surface area contributed by atoms with Crippen LogP contribution in [-0.4, -0.2) is 72.6 Å². The number of hydrogen-bond donors (Lipinski definition) is 1. The topological polar surface area (TPSA) is 85.3 Å². The molecule has 2 rings (SSSR count). The van der Waals surface area contributed by atoms with Crippen molar-refractivity contribution in [2.45, 2.75) is 97.6 Å². The SMILES string of the molecule is CC[C@H]1OC(=O)/C=C/[C@@H](C)[C@H](O[C@H]2O[C@@H](C)C[C@@H](N(C)C)[C@@H]2O)[C@H](C)C[C@@H](C)C(=O)/C=C\C=C\[C@H]1C. The number of hydrogen-bond acceptors (Lipinski definition) is 7. The number of nitrogens with zero attached hydrogens (tertiary/aromatic N) is 1. The van der Waals surface area contributed by atoms with E-state index in [0.29, 0.717) is 19.3 Å². The standard InChI is InChI=1S/C29H47NO6/c1-9-25-18(2)12-10-11-13-24(31)20(4)16-21(5)28(19(3)14-15-26(32)35-25)36-29-27(33)23(30(7)8)17-22(6)34-29/h10-15,18-23,25,27-29,33H,9,16-17H2,1-8H3/b12-10+,13-11-,15-14+/t18-,19-,20-,21-,22+,23-,25-,27+,28+,29-/m1/s1. The number of aliphatic hydroxyl groups excluding tert-OH is 1. The average Bonchev–Trinajstić information content (AvgIpc) is 2.82. The van der Waals surface area contributed by atoms with E-state index in [2.05, 4.69) is 0 Å². The lowest BCUT2D eigenvalue weighted by Crippen LogP contribution is -2.55. The Balaban J connectivity index is 2.33. The minimum absolute atomic E-state index is 0.0162. The summed E-state index contributed by atoms with van der Waals surface area (Å²) in [4.78, 5) is 27.4. The van der Waals surface area contributed by atoms with Gasteiger partial charge in [0.25, 0.3) is 0 Å². The van der Waals surface area contributed by atoms with E-state index in [9.17, 15) is 14.7 Å². The molecule has 1 saturated heterocycles. The lowest BCUT2D eigenvalue weighted by Gasteiger charge is -2.43. The predicted molar refractivity (Wildman–Crippen MR) is 141 cm³/mol. The van der Waals surface area contributed by atoms with Gasteiger partial charge in [-0.1, -0.05) is 58.9 Å². The number of esters is 1. The molecule has 1 fully saturated rings. The highest BCUT2D eigenvalue weighted by atomic mass is 16.7. The van der Waals surface area contributed by atoms with E-state index in [1.165, 1.54) is 6.08 Å². The average molecular weight is 506 g/mol. The van der Waals surface area contributed by atoms with Gasteiger partial charge >= 0.3 is 5.97 Å². The van der Waals surface area contributed by atoms with Crippen molar-refractivity contribution in [2.75, 3.05) is 14.1 Å². The first-order chi connectivity index (χ1) is 16.9. The number of carbonyl (C=O) groups excluding carboxylic acids is 2. The summed E-state index contributed by atoms with van der Waals surface area (Å²) in [5, 5.41) is 11.0. The number of carbonyl (C=O) groups is 2. The van der Waals surface area contributed by atoms with Crippen LogP contribution in [0, 0.1) is 23.7 Å². The first-order valence-electron chi connectivity index (χ1n) is 13.4. The molecule has 0 aromatic heterocycles. The summed E-state index contributed by atoms with van der Waals surface area (Å²) in [7, 11) is 3.88. The first-order valence-corrected chi connectivity index (χ1v) is 13.4. The minimum Gasteiger partial charge on any atom is -0.459 e. The predicted octanol–water partition coefficient (Wildman–Crippen LogP) is 4.31. The van der Waals surface area contributed by atoms with E-state index in [-0.39, 0.29) is 59.8 Å². The second kappa shape index (κ2) is 14.2. The second-order valence-electron chi connectivity index (χ2n) is 10.9. The number of cyclic esters (lactones) is 1. The number of rotatable bonds is 4. The molecule has 7 heteroatoms. The fraction of sp³-hybridized carbons (Fsp3) is 0.724. The van der Waals surface area contributed by atoms with Crippen molar-refractivity contribution in [3.05, 3.63) is 36.5 Å². The van der Waals surface area contributed by atoms with Gasteiger partial charge in [-0.25, -0.2) is 4.79 Å². The summed E-state index contributed by atoms with van der Waals surface area (Å²) in [6.45, 7) is 11.9. The fourth-order valence-electron chi connectivity index (χ4n) is 5.16. The highest BCUT2D eigenvalue weighted by Crippen LogP contribution is 2.31. The Kier molecular flexibility index (Phi) is 12.0. The summed E-state index contributed by atoms with van der Waals surface area (Å²) in [5.74, 6) is -0.727. The fourth-order valence-corrected chi connectivity index (χ4v) is 5.16. The van der Waals surface area contributed by atoms with Crippen molar-refractivity contribution in [3.8, 4) is 0 Å². The van der Waals surface area contributed by atoms with Crippen LogP contribution in [0.2, 0.25) is 0 Å². The highest BCUT2D eigenvalue weighted by Gasteiger charge is 2.40. The third kappa shape index (κ3) is 8.65. The number of ketones is 1. The molecule has 0 unspecified atom stereocenters. The molecule has 1 N–H and O–H groups in total. The molecule has 0 amide bonds. The third-order valence-corrected chi connectivity index (χ3v) is 7.44. The molecule has 0 saturated carbocycles. The molecule has 0 spiro atoms. The van der Waals surface area contributed by atoms with E-state index in [1.807, 2.05) is 72.7 Å². The van der Waals surface area contributed by atoms with Gasteiger partial charge in [0.1, 0.15) is 12.2 Å². The van der Waals surface area contributed by atoms with Crippen LogP contribution < -0.4 is 0 Å². The zero-order valence-electron chi connectivity index (χ0n) is 23.3. The van der Waals surface area contributed by atoms with Crippen molar-refractivity contribution in [3.63, 3.8) is 0 Å². The Morgan fingerprint density at radius 3 is 2.33 bits per heavy atom. The van der Waals surface area contributed by atoms with Crippen LogP contribution in [0.5, 0.6) is 0 Å². The van der Waals surface area contributed by atoms with Gasteiger partial charge in [0, 0.05) is 29.9 Å². The number of aliphatic hydroxyl groups is 1. The molecule has 2 heterocycles. The van der Waals surface area contributed by atoms with E-state index < -0.39 is 12.4 Å². The molecular formula is C29H47NO6. The van der Waals surface area contributed by atoms with Crippen molar-refractivity contribution in [2.24, 2.45) is 23.7 Å². The molecule has 0 aromatic rings. The van der Waals surface area contributed by atoms with Crippen molar-refractivity contribution in [1.82, 2.24) is 4.90 Å². The lowest BCUT2D eigenvalue weighted by molar-refractivity contribution is -0.277. The Bertz CT molecular complexity index is 806. The van der Waals surface area contributed by atoms with Crippen LogP contribution in [0.15, 0.2) is 36.5 Å². The van der Waals surface area contributed by atoms with Crippen molar-refractivity contribution < 1.29 is 28.9 Å². The Morgan fingerprint density at radius 2 is 1.69 bits per heavy atom. The summed E-state index contributed by atoms with van der Waals surface area (Å²) in [5.41, 5.74) is 0. The summed E-state index contributed by atoms with van der Waals surface area (Å²) in [6.07, 6.45) is 10.1. The molecule has 36 heavy (non-hydrogen) atoms. The quantitative estimate of drug-likeness (QED) is 0.570. The largest absolute Gasteiger partial charge is 0.459 e. The van der Waals surface area contributed by atoms with Gasteiger partial charge in [0.2, 0.25) is 0 Å². The minimum atomic E-state index is -0.814. The maximum atomic E-state index is 12.8. The van der Waals surface area contributed by atoms with Crippen LogP contribution in [0.3, 0.4) is 0 Å². The van der Waals surface area contributed by atoms with E-state index in [1.54, 1.807) is 18.2 Å². The molecule has 204 valence electrons. The summed E-state index contributed by atoms with van der Waals surface area (Å²) in [6, 6.07) is -0.0901. The van der Waals surface area contributed by atoms with E-state index >= 15 is 0 Å². The van der Waals surface area contributed by atoms with Gasteiger partial charge in [-0.3, -0.25) is 4.79 Å². The molecule has 0 aromatic carbocycles. The molecule has 2 aliphatic rings. The first kappa shape index (κ1) is 30.4.